The quantitative estimate of drug-likeness (QED) is 0.705. The van der Waals surface area contributed by atoms with Crippen LogP contribution in [0.5, 0.6) is 0 Å². The average Bonchev–Trinajstić information content (AvgIpc) is 3.12. The van der Waals surface area contributed by atoms with E-state index in [-0.39, 0.29) is 29.9 Å². The lowest BCUT2D eigenvalue weighted by atomic mass is 9.63. The van der Waals surface area contributed by atoms with Crippen LogP contribution in [0.2, 0.25) is 0 Å². The summed E-state index contributed by atoms with van der Waals surface area (Å²) >= 11 is 1.35. The van der Waals surface area contributed by atoms with Gasteiger partial charge in [-0.1, -0.05) is 6.42 Å². The molecular weight excluding hydrogens is 304 g/mol. The third-order valence-corrected chi connectivity index (χ3v) is 5.75. The summed E-state index contributed by atoms with van der Waals surface area (Å²) < 4.78 is 5.85. The predicted octanol–water partition coefficient (Wildman–Crippen LogP) is 1.64. The third kappa shape index (κ3) is 3.03. The van der Waals surface area contributed by atoms with Crippen LogP contribution in [0.3, 0.4) is 0 Å². The Balaban J connectivity index is 1.68. The molecule has 1 aliphatic heterocycles. The number of carboxylic acids is 1. The van der Waals surface area contributed by atoms with Crippen molar-refractivity contribution < 1.29 is 19.7 Å². The number of nitrogens with one attached hydrogen (secondary N) is 1. The molecule has 0 aromatic carbocycles. The molecule has 0 amide bonds. The highest BCUT2D eigenvalue weighted by Crippen LogP contribution is 2.46. The summed E-state index contributed by atoms with van der Waals surface area (Å²) in [6.07, 6.45) is 5.37. The lowest BCUT2D eigenvalue weighted by molar-refractivity contribution is -0.0516. The molecule has 1 saturated carbocycles. The fraction of sp³-hybridized carbons (Fsp3) is 0.733. The number of aromatic nitrogens is 1. The minimum Gasteiger partial charge on any atom is -0.476 e. The second kappa shape index (κ2) is 6.62. The van der Waals surface area contributed by atoms with Gasteiger partial charge in [-0.2, -0.15) is 0 Å². The second-order valence-electron chi connectivity index (χ2n) is 6.22. The Hall–Kier alpha value is -1.02. The van der Waals surface area contributed by atoms with E-state index in [2.05, 4.69) is 10.3 Å². The first kappa shape index (κ1) is 15.9. The normalized spacial score (nSPS) is 24.9. The van der Waals surface area contributed by atoms with E-state index in [1.807, 2.05) is 0 Å². The van der Waals surface area contributed by atoms with Crippen molar-refractivity contribution in [2.45, 2.75) is 50.8 Å². The van der Waals surface area contributed by atoms with Crippen molar-refractivity contribution in [2.75, 3.05) is 13.2 Å². The van der Waals surface area contributed by atoms with E-state index in [0.29, 0.717) is 6.54 Å². The minimum absolute atomic E-state index is 0.0935. The Labute approximate surface area is 133 Å². The molecule has 7 heteroatoms. The molecule has 1 aromatic rings. The van der Waals surface area contributed by atoms with Crippen LogP contribution in [0.25, 0.3) is 0 Å². The first-order chi connectivity index (χ1) is 10.6. The molecule has 2 heterocycles. The van der Waals surface area contributed by atoms with Gasteiger partial charge in [0.1, 0.15) is 5.01 Å². The SMILES string of the molecule is O=C(O)c1csc(CNC(C2CCCO2)C2(CO)CCC2)n1. The number of aliphatic hydroxyl groups excluding tert-OH is 1. The number of aromatic carboxylic acids is 1. The molecule has 1 aromatic heterocycles. The van der Waals surface area contributed by atoms with Gasteiger partial charge in [-0.05, 0) is 25.7 Å². The number of rotatable bonds is 7. The molecule has 1 saturated heterocycles. The molecule has 2 unspecified atom stereocenters. The van der Waals surface area contributed by atoms with Crippen LogP contribution in [-0.4, -0.2) is 46.5 Å². The van der Waals surface area contributed by atoms with Crippen molar-refractivity contribution in [1.29, 1.82) is 0 Å². The zero-order chi connectivity index (χ0) is 15.6. The molecule has 2 aliphatic rings. The number of hydrogen-bond donors (Lipinski definition) is 3. The fourth-order valence-corrected chi connectivity index (χ4v) is 4.21. The van der Waals surface area contributed by atoms with E-state index in [4.69, 9.17) is 9.84 Å². The number of aliphatic hydroxyl groups is 1. The molecule has 0 bridgehead atoms. The van der Waals surface area contributed by atoms with Crippen molar-refractivity contribution in [3.05, 3.63) is 16.1 Å². The highest BCUT2D eigenvalue weighted by Gasteiger charge is 2.47. The smallest absolute Gasteiger partial charge is 0.355 e. The topological polar surface area (TPSA) is 91.7 Å². The molecule has 2 atom stereocenters. The highest BCUT2D eigenvalue weighted by atomic mass is 32.1. The van der Waals surface area contributed by atoms with Crippen LogP contribution in [0.1, 0.15) is 47.6 Å². The van der Waals surface area contributed by atoms with Gasteiger partial charge in [0.2, 0.25) is 0 Å². The number of ether oxygens (including phenoxy) is 1. The number of carboxylic acid groups (broad SMARTS) is 1. The molecule has 6 nitrogen and oxygen atoms in total. The number of nitrogens with zero attached hydrogens (tertiary/aromatic N) is 1. The molecule has 3 N–H and O–H groups in total. The molecule has 0 spiro atoms. The first-order valence-electron chi connectivity index (χ1n) is 7.78. The maximum Gasteiger partial charge on any atom is 0.355 e. The maximum atomic E-state index is 10.9. The summed E-state index contributed by atoms with van der Waals surface area (Å²) in [5, 5.41) is 24.6. The minimum atomic E-state index is -0.996. The summed E-state index contributed by atoms with van der Waals surface area (Å²) in [6.45, 7) is 1.47. The standard InChI is InChI=1S/C15H22N2O4S/c18-9-15(4-2-5-15)13(11-3-1-6-21-11)16-7-12-17-10(8-22-12)14(19)20/h8,11,13,16,18H,1-7,9H2,(H,19,20). The molecule has 2 fully saturated rings. The average molecular weight is 326 g/mol. The van der Waals surface area contributed by atoms with Crippen LogP contribution in [0, 0.1) is 5.41 Å². The van der Waals surface area contributed by atoms with Crippen LogP contribution >= 0.6 is 11.3 Å². The van der Waals surface area contributed by atoms with Gasteiger partial charge >= 0.3 is 5.97 Å². The van der Waals surface area contributed by atoms with Gasteiger partial charge in [0, 0.05) is 30.0 Å². The summed E-state index contributed by atoms with van der Waals surface area (Å²) in [5.41, 5.74) is -0.00184. The Morgan fingerprint density at radius 1 is 1.55 bits per heavy atom. The van der Waals surface area contributed by atoms with Gasteiger partial charge in [-0.25, -0.2) is 9.78 Å². The van der Waals surface area contributed by atoms with E-state index in [9.17, 15) is 9.90 Å². The zero-order valence-corrected chi connectivity index (χ0v) is 13.3. The molecule has 3 rings (SSSR count). The van der Waals surface area contributed by atoms with Crippen molar-refractivity contribution in [2.24, 2.45) is 5.41 Å². The van der Waals surface area contributed by atoms with Gasteiger partial charge in [-0.3, -0.25) is 0 Å². The molecule has 1 aliphatic carbocycles. The Morgan fingerprint density at radius 2 is 2.36 bits per heavy atom. The number of carbonyl (C=O) groups is 1. The van der Waals surface area contributed by atoms with E-state index in [0.717, 1.165) is 43.7 Å². The highest BCUT2D eigenvalue weighted by molar-refractivity contribution is 7.09. The zero-order valence-electron chi connectivity index (χ0n) is 12.5. The van der Waals surface area contributed by atoms with Gasteiger partial charge in [-0.15, -0.1) is 11.3 Å². The third-order valence-electron chi connectivity index (χ3n) is 4.90. The lowest BCUT2D eigenvalue weighted by Crippen LogP contribution is -2.57. The van der Waals surface area contributed by atoms with Crippen LogP contribution < -0.4 is 5.32 Å². The lowest BCUT2D eigenvalue weighted by Gasteiger charge is -2.48. The van der Waals surface area contributed by atoms with Crippen LogP contribution in [0.4, 0.5) is 0 Å². The van der Waals surface area contributed by atoms with Crippen molar-refractivity contribution >= 4 is 17.3 Å². The number of hydrogen-bond acceptors (Lipinski definition) is 6. The van der Waals surface area contributed by atoms with Gasteiger partial charge < -0.3 is 20.3 Å². The van der Waals surface area contributed by atoms with E-state index >= 15 is 0 Å². The summed E-state index contributed by atoms with van der Waals surface area (Å²) in [4.78, 5) is 15.0. The van der Waals surface area contributed by atoms with Crippen molar-refractivity contribution in [1.82, 2.24) is 10.3 Å². The predicted molar refractivity (Wildman–Crippen MR) is 82.0 cm³/mol. The molecule has 22 heavy (non-hydrogen) atoms. The fourth-order valence-electron chi connectivity index (χ4n) is 3.49. The Bertz CT molecular complexity index is 518. The summed E-state index contributed by atoms with van der Waals surface area (Å²) in [7, 11) is 0. The Morgan fingerprint density at radius 3 is 2.86 bits per heavy atom. The monoisotopic (exact) mass is 326 g/mol. The molecular formula is C15H22N2O4S. The van der Waals surface area contributed by atoms with E-state index in [1.165, 1.54) is 11.3 Å². The largest absolute Gasteiger partial charge is 0.476 e. The second-order valence-corrected chi connectivity index (χ2v) is 7.16. The van der Waals surface area contributed by atoms with Crippen molar-refractivity contribution in [3.8, 4) is 0 Å². The summed E-state index contributed by atoms with van der Waals surface area (Å²) in [6, 6.07) is 0.103. The van der Waals surface area contributed by atoms with E-state index < -0.39 is 5.97 Å². The molecule has 122 valence electrons. The van der Waals surface area contributed by atoms with Gasteiger partial charge in [0.15, 0.2) is 5.69 Å². The van der Waals surface area contributed by atoms with Gasteiger partial charge in [0.05, 0.1) is 12.7 Å². The summed E-state index contributed by atoms with van der Waals surface area (Å²) in [5.74, 6) is -0.996. The van der Waals surface area contributed by atoms with Crippen LogP contribution in [-0.2, 0) is 11.3 Å². The Kier molecular flexibility index (Phi) is 4.77. The molecule has 0 radical (unpaired) electrons. The van der Waals surface area contributed by atoms with Crippen LogP contribution in [0.15, 0.2) is 5.38 Å². The first-order valence-corrected chi connectivity index (χ1v) is 8.66. The van der Waals surface area contributed by atoms with E-state index in [1.54, 1.807) is 5.38 Å². The van der Waals surface area contributed by atoms with Crippen molar-refractivity contribution in [3.63, 3.8) is 0 Å². The van der Waals surface area contributed by atoms with Gasteiger partial charge in [0.25, 0.3) is 0 Å². The number of thiazole rings is 1. The maximum absolute atomic E-state index is 10.9.